The number of rotatable bonds is 4. The lowest BCUT2D eigenvalue weighted by Gasteiger charge is -2.57. The van der Waals surface area contributed by atoms with Crippen molar-refractivity contribution in [3.8, 4) is 0 Å². The lowest BCUT2D eigenvalue weighted by Crippen LogP contribution is -2.51. The molecule has 4 aliphatic carbocycles. The maximum atomic E-state index is 13.3. The molecule has 4 rings (SSSR count). The zero-order valence-electron chi connectivity index (χ0n) is 19.2. The second kappa shape index (κ2) is 7.45. The summed E-state index contributed by atoms with van der Waals surface area (Å²) in [4.78, 5) is 0. The van der Waals surface area contributed by atoms with E-state index in [0.29, 0.717) is 11.8 Å². The van der Waals surface area contributed by atoms with Crippen molar-refractivity contribution >= 4 is 7.67 Å². The molecule has 166 valence electrons. The Morgan fingerprint density at radius 3 is 2.38 bits per heavy atom. The Hall–Kier alpha value is -0.190. The Kier molecular flexibility index (Phi) is 5.65. The molecule has 1 N–H and O–H groups in total. The standard InChI is InChI=1S/C23H41N2O3P/c1-22-13-11-17(28-29(27,24(3)4)25(5)6)15-16(22)7-8-18-19-9-10-21(26)23(19,2)14-12-20(18)22/h7,17-21,26H,8-15H2,1-6H3/t17-,18-,19-,20-,21-,22-,23-/m0/s1. The van der Waals surface area contributed by atoms with E-state index < -0.39 is 7.67 Å². The highest BCUT2D eigenvalue weighted by molar-refractivity contribution is 7.53. The molecule has 0 amide bonds. The summed E-state index contributed by atoms with van der Waals surface area (Å²) in [6, 6.07) is 0. The van der Waals surface area contributed by atoms with E-state index in [1.165, 1.54) is 19.3 Å². The fourth-order valence-electron chi connectivity index (χ4n) is 7.43. The van der Waals surface area contributed by atoms with Gasteiger partial charge in [0.1, 0.15) is 0 Å². The van der Waals surface area contributed by atoms with E-state index in [1.807, 2.05) is 28.2 Å². The van der Waals surface area contributed by atoms with Crippen molar-refractivity contribution < 1.29 is 14.2 Å². The monoisotopic (exact) mass is 424 g/mol. The Labute approximate surface area is 177 Å². The molecule has 5 nitrogen and oxygen atoms in total. The Morgan fingerprint density at radius 2 is 1.72 bits per heavy atom. The van der Waals surface area contributed by atoms with Crippen molar-refractivity contribution in [1.82, 2.24) is 9.34 Å². The average Bonchev–Trinajstić information content (AvgIpc) is 2.96. The van der Waals surface area contributed by atoms with Crippen LogP contribution < -0.4 is 0 Å². The Morgan fingerprint density at radius 1 is 1.03 bits per heavy atom. The first-order chi connectivity index (χ1) is 13.5. The molecule has 7 atom stereocenters. The van der Waals surface area contributed by atoms with Crippen LogP contribution in [-0.4, -0.2) is 54.8 Å². The van der Waals surface area contributed by atoms with Crippen LogP contribution in [0.1, 0.15) is 65.2 Å². The molecule has 0 radical (unpaired) electrons. The van der Waals surface area contributed by atoms with E-state index >= 15 is 0 Å². The van der Waals surface area contributed by atoms with Crippen LogP contribution in [-0.2, 0) is 9.09 Å². The van der Waals surface area contributed by atoms with Crippen LogP contribution in [0.4, 0.5) is 0 Å². The quantitative estimate of drug-likeness (QED) is 0.512. The average molecular weight is 425 g/mol. The number of hydrogen-bond donors (Lipinski definition) is 1. The molecule has 0 heterocycles. The summed E-state index contributed by atoms with van der Waals surface area (Å²) >= 11 is 0. The van der Waals surface area contributed by atoms with Crippen molar-refractivity contribution in [2.75, 3.05) is 28.2 Å². The minimum Gasteiger partial charge on any atom is -0.393 e. The van der Waals surface area contributed by atoms with Gasteiger partial charge in [-0.05, 0) is 108 Å². The van der Waals surface area contributed by atoms with Crippen LogP contribution in [0.2, 0.25) is 0 Å². The van der Waals surface area contributed by atoms with E-state index in [1.54, 1.807) is 14.9 Å². The van der Waals surface area contributed by atoms with Gasteiger partial charge in [0.25, 0.3) is 0 Å². The number of aliphatic hydroxyl groups excluding tert-OH is 1. The molecular weight excluding hydrogens is 383 g/mol. The second-order valence-electron chi connectivity index (χ2n) is 11.1. The first kappa shape index (κ1) is 22.0. The third-order valence-electron chi connectivity index (χ3n) is 9.31. The zero-order chi connectivity index (χ0) is 21.2. The summed E-state index contributed by atoms with van der Waals surface area (Å²) in [7, 11) is 4.41. The Balaban J connectivity index is 1.54. The minimum atomic E-state index is -2.95. The fraction of sp³-hybridized carbons (Fsp3) is 0.913. The van der Waals surface area contributed by atoms with Gasteiger partial charge in [-0.3, -0.25) is 4.57 Å². The molecule has 0 bridgehead atoms. The van der Waals surface area contributed by atoms with Crippen LogP contribution in [0.3, 0.4) is 0 Å². The SMILES string of the molecule is CN(C)P(=O)(O[C@H]1CC[C@@]2(C)C(=CC[C@H]3[C@@H]4CC[C@H](O)[C@@]4(C)CC[C@@H]32)C1)N(C)C. The summed E-state index contributed by atoms with van der Waals surface area (Å²) in [5, 5.41) is 10.6. The van der Waals surface area contributed by atoms with Gasteiger partial charge in [-0.15, -0.1) is 0 Å². The van der Waals surface area contributed by atoms with Crippen molar-refractivity contribution in [3.63, 3.8) is 0 Å². The summed E-state index contributed by atoms with van der Waals surface area (Å²) in [5.74, 6) is 2.11. The highest BCUT2D eigenvalue weighted by Crippen LogP contribution is 2.65. The van der Waals surface area contributed by atoms with Crippen LogP contribution in [0.25, 0.3) is 0 Å². The molecule has 0 unspecified atom stereocenters. The van der Waals surface area contributed by atoms with Crippen LogP contribution in [0, 0.1) is 28.6 Å². The minimum absolute atomic E-state index is 0.0312. The lowest BCUT2D eigenvalue weighted by atomic mass is 9.48. The maximum absolute atomic E-state index is 13.3. The second-order valence-corrected chi connectivity index (χ2v) is 13.8. The molecule has 0 saturated heterocycles. The molecule has 0 aromatic heterocycles. The predicted molar refractivity (Wildman–Crippen MR) is 118 cm³/mol. The van der Waals surface area contributed by atoms with Crippen molar-refractivity contribution in [3.05, 3.63) is 11.6 Å². The molecule has 6 heteroatoms. The van der Waals surface area contributed by atoms with Crippen LogP contribution >= 0.6 is 7.67 Å². The number of fused-ring (bicyclic) bond motifs is 5. The number of hydrogen-bond acceptors (Lipinski definition) is 3. The molecule has 3 saturated carbocycles. The first-order valence-corrected chi connectivity index (χ1v) is 13.1. The smallest absolute Gasteiger partial charge is 0.345 e. The maximum Gasteiger partial charge on any atom is 0.345 e. The third-order valence-corrected chi connectivity index (χ3v) is 11.9. The summed E-state index contributed by atoms with van der Waals surface area (Å²) in [5.41, 5.74) is 1.92. The number of allylic oxidation sites excluding steroid dienone is 1. The van der Waals surface area contributed by atoms with Gasteiger partial charge in [-0.2, -0.15) is 0 Å². The molecular formula is C23H41N2O3P. The molecule has 0 aromatic rings. The normalized spacial score (nSPS) is 45.0. The lowest BCUT2D eigenvalue weighted by molar-refractivity contribution is -0.0705. The van der Waals surface area contributed by atoms with Crippen LogP contribution in [0.5, 0.6) is 0 Å². The van der Waals surface area contributed by atoms with Gasteiger partial charge < -0.3 is 9.63 Å². The van der Waals surface area contributed by atoms with Crippen molar-refractivity contribution in [2.45, 2.75) is 77.4 Å². The Bertz CT molecular complexity index is 711. The van der Waals surface area contributed by atoms with Crippen LogP contribution in [0.15, 0.2) is 11.6 Å². The van der Waals surface area contributed by atoms with Gasteiger partial charge in [0.2, 0.25) is 0 Å². The highest BCUT2D eigenvalue weighted by atomic mass is 31.2. The number of nitrogens with zero attached hydrogens (tertiary/aromatic N) is 2. The van der Waals surface area contributed by atoms with Crippen molar-refractivity contribution in [1.29, 1.82) is 0 Å². The van der Waals surface area contributed by atoms with E-state index in [0.717, 1.165) is 38.0 Å². The molecule has 29 heavy (non-hydrogen) atoms. The molecule has 0 aliphatic heterocycles. The van der Waals surface area contributed by atoms with Gasteiger partial charge in [-0.25, -0.2) is 9.34 Å². The fourth-order valence-corrected chi connectivity index (χ4v) is 9.09. The molecule has 3 fully saturated rings. The van der Waals surface area contributed by atoms with Gasteiger partial charge in [0, 0.05) is 0 Å². The van der Waals surface area contributed by atoms with Gasteiger partial charge in [-0.1, -0.05) is 25.5 Å². The van der Waals surface area contributed by atoms with E-state index in [9.17, 15) is 9.67 Å². The summed E-state index contributed by atoms with van der Waals surface area (Å²) < 4.78 is 23.1. The largest absolute Gasteiger partial charge is 0.393 e. The molecule has 4 aliphatic rings. The van der Waals surface area contributed by atoms with Gasteiger partial charge in [0.05, 0.1) is 12.2 Å². The number of aliphatic hydroxyl groups is 1. The van der Waals surface area contributed by atoms with E-state index in [-0.39, 0.29) is 23.0 Å². The zero-order valence-corrected chi connectivity index (χ0v) is 20.1. The van der Waals surface area contributed by atoms with Gasteiger partial charge in [0.15, 0.2) is 0 Å². The summed E-state index contributed by atoms with van der Waals surface area (Å²) in [6.07, 6.45) is 11.2. The predicted octanol–water partition coefficient (Wildman–Crippen LogP) is 4.93. The first-order valence-electron chi connectivity index (χ1n) is 11.5. The summed E-state index contributed by atoms with van der Waals surface area (Å²) in [6.45, 7) is 4.83. The van der Waals surface area contributed by atoms with E-state index in [2.05, 4.69) is 19.9 Å². The van der Waals surface area contributed by atoms with Gasteiger partial charge >= 0.3 is 7.67 Å². The van der Waals surface area contributed by atoms with E-state index in [4.69, 9.17) is 4.52 Å². The third kappa shape index (κ3) is 3.31. The van der Waals surface area contributed by atoms with Crippen molar-refractivity contribution in [2.24, 2.45) is 28.6 Å². The topological polar surface area (TPSA) is 53.0 Å². The molecule has 0 aromatic carbocycles. The molecule has 0 spiro atoms. The highest BCUT2D eigenvalue weighted by Gasteiger charge is 2.58.